The van der Waals surface area contributed by atoms with Gasteiger partial charge in [-0.25, -0.2) is 9.59 Å². The fourth-order valence-electron chi connectivity index (χ4n) is 1.83. The Balaban J connectivity index is 2.40. The number of hydrogen-bond donors (Lipinski definition) is 1. The first-order valence-electron chi connectivity index (χ1n) is 7.23. The molecule has 0 heterocycles. The summed E-state index contributed by atoms with van der Waals surface area (Å²) in [4.78, 5) is 24.1. The Labute approximate surface area is 131 Å². The van der Waals surface area contributed by atoms with E-state index in [4.69, 9.17) is 14.6 Å². The third-order valence-corrected chi connectivity index (χ3v) is 3.15. The quantitative estimate of drug-likeness (QED) is 0.844. The van der Waals surface area contributed by atoms with Gasteiger partial charge in [0.25, 0.3) is 0 Å². The zero-order valence-corrected chi connectivity index (χ0v) is 13.9. The predicted octanol–water partition coefficient (Wildman–Crippen LogP) is 2.60. The van der Waals surface area contributed by atoms with Crippen LogP contribution in [-0.2, 0) is 14.3 Å². The van der Waals surface area contributed by atoms with E-state index in [1.807, 2.05) is 27.7 Å². The number of likely N-dealkylation sites (N-methyl/N-ethyl adjacent to an activating group) is 1. The standard InChI is InChI=1S/C16H25NO5/c1-15(2,3)22-14(20)17(5)10-11-21-16(4)8-6-12(7-9-16)13(18)19/h6-8H,9-11H2,1-5H3,(H,18,19). The lowest BCUT2D eigenvalue weighted by molar-refractivity contribution is -0.132. The van der Waals surface area contributed by atoms with Crippen LogP contribution in [0.25, 0.3) is 0 Å². The minimum atomic E-state index is -0.942. The molecule has 0 aromatic carbocycles. The summed E-state index contributed by atoms with van der Waals surface area (Å²) >= 11 is 0. The van der Waals surface area contributed by atoms with Gasteiger partial charge in [0.2, 0.25) is 0 Å². The van der Waals surface area contributed by atoms with Crippen LogP contribution in [0.3, 0.4) is 0 Å². The second kappa shape index (κ2) is 6.96. The predicted molar refractivity (Wildman–Crippen MR) is 82.7 cm³/mol. The maximum Gasteiger partial charge on any atom is 0.410 e. The number of hydrogen-bond acceptors (Lipinski definition) is 4. The summed E-state index contributed by atoms with van der Waals surface area (Å²) in [5, 5.41) is 8.89. The molecule has 1 N–H and O–H groups in total. The molecule has 0 spiro atoms. The SMILES string of the molecule is CN(CCOC1(C)C=CC(C(=O)O)=CC1)C(=O)OC(C)(C)C. The Bertz CT molecular complexity index is 489. The molecular weight excluding hydrogens is 286 g/mol. The Hall–Kier alpha value is -1.82. The number of nitrogens with zero attached hydrogens (tertiary/aromatic N) is 1. The van der Waals surface area contributed by atoms with Crippen molar-refractivity contribution < 1.29 is 24.2 Å². The highest BCUT2D eigenvalue weighted by Crippen LogP contribution is 2.24. The minimum absolute atomic E-state index is 0.270. The number of amides is 1. The summed E-state index contributed by atoms with van der Waals surface area (Å²) in [6.07, 6.45) is 5.02. The summed E-state index contributed by atoms with van der Waals surface area (Å²) in [5.74, 6) is -0.942. The van der Waals surface area contributed by atoms with Crippen LogP contribution in [-0.4, -0.2) is 53.5 Å². The Kier molecular flexibility index (Phi) is 5.77. The molecule has 0 aromatic heterocycles. The first-order chi connectivity index (χ1) is 10.0. The van der Waals surface area contributed by atoms with Gasteiger partial charge in [-0.1, -0.05) is 12.2 Å². The molecule has 1 unspecified atom stereocenters. The molecule has 22 heavy (non-hydrogen) atoms. The van der Waals surface area contributed by atoms with Gasteiger partial charge >= 0.3 is 12.1 Å². The van der Waals surface area contributed by atoms with Crippen LogP contribution in [0.4, 0.5) is 4.79 Å². The summed E-state index contributed by atoms with van der Waals surface area (Å²) in [5.41, 5.74) is -0.803. The highest BCUT2D eigenvalue weighted by Gasteiger charge is 2.25. The molecule has 0 aromatic rings. The van der Waals surface area contributed by atoms with Gasteiger partial charge in [0.1, 0.15) is 5.60 Å². The number of carboxylic acid groups (broad SMARTS) is 1. The zero-order chi connectivity index (χ0) is 17.0. The van der Waals surface area contributed by atoms with Gasteiger partial charge in [-0.15, -0.1) is 0 Å². The van der Waals surface area contributed by atoms with E-state index in [-0.39, 0.29) is 5.57 Å². The van der Waals surface area contributed by atoms with Crippen molar-refractivity contribution in [2.24, 2.45) is 0 Å². The van der Waals surface area contributed by atoms with Gasteiger partial charge < -0.3 is 19.5 Å². The molecule has 0 bridgehead atoms. The van der Waals surface area contributed by atoms with Crippen LogP contribution in [0.2, 0.25) is 0 Å². The van der Waals surface area contributed by atoms with Crippen LogP contribution in [0.1, 0.15) is 34.1 Å². The second-order valence-corrected chi connectivity index (χ2v) is 6.57. The molecule has 124 valence electrons. The minimum Gasteiger partial charge on any atom is -0.478 e. The summed E-state index contributed by atoms with van der Waals surface area (Å²) < 4.78 is 11.0. The zero-order valence-electron chi connectivity index (χ0n) is 13.9. The van der Waals surface area contributed by atoms with E-state index >= 15 is 0 Å². The van der Waals surface area contributed by atoms with Crippen molar-refractivity contribution in [2.45, 2.75) is 45.3 Å². The van der Waals surface area contributed by atoms with Crippen LogP contribution in [0, 0.1) is 0 Å². The number of aliphatic carboxylic acids is 1. The molecule has 6 nitrogen and oxygen atoms in total. The van der Waals surface area contributed by atoms with Gasteiger partial charge in [0.05, 0.1) is 17.8 Å². The number of carbonyl (C=O) groups is 2. The highest BCUT2D eigenvalue weighted by molar-refractivity contribution is 5.90. The largest absolute Gasteiger partial charge is 0.478 e. The Morgan fingerprint density at radius 1 is 1.41 bits per heavy atom. The fourth-order valence-corrected chi connectivity index (χ4v) is 1.83. The maximum atomic E-state index is 11.8. The van der Waals surface area contributed by atoms with E-state index in [9.17, 15) is 9.59 Å². The monoisotopic (exact) mass is 311 g/mol. The van der Waals surface area contributed by atoms with Crippen LogP contribution < -0.4 is 0 Å². The summed E-state index contributed by atoms with van der Waals surface area (Å²) in [7, 11) is 1.65. The summed E-state index contributed by atoms with van der Waals surface area (Å²) in [6, 6.07) is 0. The molecular formula is C16H25NO5. The molecule has 1 aliphatic rings. The number of ether oxygens (including phenoxy) is 2. The molecule has 0 saturated carbocycles. The average Bonchev–Trinajstić information content (AvgIpc) is 2.36. The normalized spacial score (nSPS) is 21.2. The van der Waals surface area contributed by atoms with E-state index in [2.05, 4.69) is 0 Å². The van der Waals surface area contributed by atoms with E-state index in [0.29, 0.717) is 19.6 Å². The lowest BCUT2D eigenvalue weighted by Crippen LogP contribution is -2.38. The lowest BCUT2D eigenvalue weighted by Gasteiger charge is -2.29. The number of carboxylic acids is 1. The van der Waals surface area contributed by atoms with Crippen LogP contribution >= 0.6 is 0 Å². The first kappa shape index (κ1) is 18.2. The molecule has 0 fully saturated rings. The van der Waals surface area contributed by atoms with Gasteiger partial charge in [-0.05, 0) is 40.2 Å². The van der Waals surface area contributed by atoms with Crippen molar-refractivity contribution >= 4 is 12.1 Å². The third-order valence-electron chi connectivity index (χ3n) is 3.15. The third kappa shape index (κ3) is 5.89. The molecule has 1 aliphatic carbocycles. The number of rotatable bonds is 5. The summed E-state index contributed by atoms with van der Waals surface area (Å²) in [6.45, 7) is 8.06. The Morgan fingerprint density at radius 2 is 2.05 bits per heavy atom. The maximum absolute atomic E-state index is 11.8. The Morgan fingerprint density at radius 3 is 2.50 bits per heavy atom. The molecule has 1 amide bonds. The fraction of sp³-hybridized carbons (Fsp3) is 0.625. The van der Waals surface area contributed by atoms with Crippen molar-refractivity contribution in [2.75, 3.05) is 20.2 Å². The molecule has 1 atom stereocenters. The smallest absolute Gasteiger partial charge is 0.410 e. The van der Waals surface area contributed by atoms with E-state index < -0.39 is 23.3 Å². The van der Waals surface area contributed by atoms with Crippen LogP contribution in [0.5, 0.6) is 0 Å². The molecule has 0 aliphatic heterocycles. The van der Waals surface area contributed by atoms with Crippen LogP contribution in [0.15, 0.2) is 23.8 Å². The van der Waals surface area contributed by atoms with Crippen molar-refractivity contribution in [3.05, 3.63) is 23.8 Å². The van der Waals surface area contributed by atoms with E-state index in [1.165, 1.54) is 4.90 Å². The average molecular weight is 311 g/mol. The first-order valence-corrected chi connectivity index (χ1v) is 7.23. The second-order valence-electron chi connectivity index (χ2n) is 6.57. The van der Waals surface area contributed by atoms with Gasteiger partial charge in [0.15, 0.2) is 0 Å². The van der Waals surface area contributed by atoms with Gasteiger partial charge in [0, 0.05) is 13.6 Å². The van der Waals surface area contributed by atoms with E-state index in [1.54, 1.807) is 25.3 Å². The molecule has 1 rings (SSSR count). The molecule has 0 radical (unpaired) electrons. The van der Waals surface area contributed by atoms with E-state index in [0.717, 1.165) is 0 Å². The van der Waals surface area contributed by atoms with Gasteiger partial charge in [-0.3, -0.25) is 0 Å². The highest BCUT2D eigenvalue weighted by atomic mass is 16.6. The molecule has 0 saturated heterocycles. The molecule has 6 heteroatoms. The number of carbonyl (C=O) groups excluding carboxylic acids is 1. The lowest BCUT2D eigenvalue weighted by atomic mass is 9.94. The van der Waals surface area contributed by atoms with Crippen molar-refractivity contribution in [3.8, 4) is 0 Å². The van der Waals surface area contributed by atoms with Crippen molar-refractivity contribution in [1.29, 1.82) is 0 Å². The van der Waals surface area contributed by atoms with Crippen molar-refractivity contribution in [1.82, 2.24) is 4.90 Å². The van der Waals surface area contributed by atoms with Gasteiger partial charge in [-0.2, -0.15) is 0 Å². The van der Waals surface area contributed by atoms with Crippen molar-refractivity contribution in [3.63, 3.8) is 0 Å². The topological polar surface area (TPSA) is 76.1 Å².